The van der Waals surface area contributed by atoms with Gasteiger partial charge in [-0.15, -0.1) is 0 Å². The van der Waals surface area contributed by atoms with Gasteiger partial charge in [0.25, 0.3) is 0 Å². The average molecular weight is 249 g/mol. The third kappa shape index (κ3) is 2.40. The molecule has 0 amide bonds. The number of carbonyl (C=O) groups is 2. The third-order valence-electron chi connectivity index (χ3n) is 1.68. The molecule has 80 valence electrons. The molecule has 1 rings (SSSR count). The number of aromatic carboxylic acids is 1. The van der Waals surface area contributed by atoms with E-state index in [1.165, 1.54) is 13.2 Å². The summed E-state index contributed by atoms with van der Waals surface area (Å²) in [5, 5.41) is 8.67. The van der Waals surface area contributed by atoms with E-state index in [-0.39, 0.29) is 21.2 Å². The summed E-state index contributed by atoms with van der Waals surface area (Å²) in [6.45, 7) is 0. The predicted molar refractivity (Wildman–Crippen MR) is 54.8 cm³/mol. The van der Waals surface area contributed by atoms with Gasteiger partial charge in [0.05, 0.1) is 28.3 Å². The Morgan fingerprint density at radius 1 is 1.33 bits per heavy atom. The van der Waals surface area contributed by atoms with Crippen molar-refractivity contribution in [2.24, 2.45) is 0 Å². The maximum absolute atomic E-state index is 11.1. The molecule has 1 N–H and O–H groups in total. The summed E-state index contributed by atoms with van der Waals surface area (Å²) in [5.74, 6) is -1.93. The van der Waals surface area contributed by atoms with Crippen molar-refractivity contribution in [3.63, 3.8) is 0 Å². The van der Waals surface area contributed by atoms with Crippen molar-refractivity contribution in [2.45, 2.75) is 0 Å². The molecule has 0 spiro atoms. The lowest BCUT2D eigenvalue weighted by atomic mass is 10.1. The van der Waals surface area contributed by atoms with Gasteiger partial charge in [-0.05, 0) is 12.1 Å². The highest BCUT2D eigenvalue weighted by Crippen LogP contribution is 2.27. The fraction of sp³-hybridized carbons (Fsp3) is 0.111. The minimum atomic E-state index is -1.26. The summed E-state index contributed by atoms with van der Waals surface area (Å²) in [4.78, 5) is 21.9. The van der Waals surface area contributed by atoms with Crippen molar-refractivity contribution in [1.82, 2.24) is 0 Å². The minimum Gasteiger partial charge on any atom is -0.478 e. The van der Waals surface area contributed by atoms with Crippen LogP contribution >= 0.6 is 23.2 Å². The molecular formula is C9H6Cl2O4. The van der Waals surface area contributed by atoms with Crippen molar-refractivity contribution in [1.29, 1.82) is 0 Å². The Labute approximate surface area is 95.4 Å². The van der Waals surface area contributed by atoms with Gasteiger partial charge in [0, 0.05) is 0 Å². The number of esters is 1. The van der Waals surface area contributed by atoms with E-state index in [0.29, 0.717) is 0 Å². The highest BCUT2D eigenvalue weighted by molar-refractivity contribution is 6.44. The number of hydrogen-bond acceptors (Lipinski definition) is 3. The second-order valence-electron chi connectivity index (χ2n) is 2.62. The zero-order chi connectivity index (χ0) is 11.6. The first kappa shape index (κ1) is 11.8. The van der Waals surface area contributed by atoms with E-state index in [2.05, 4.69) is 4.74 Å². The van der Waals surface area contributed by atoms with Crippen molar-refractivity contribution < 1.29 is 19.4 Å². The average Bonchev–Trinajstić information content (AvgIpc) is 2.20. The van der Waals surface area contributed by atoms with Crippen LogP contribution in [0.25, 0.3) is 0 Å². The number of hydrogen-bond donors (Lipinski definition) is 1. The van der Waals surface area contributed by atoms with Crippen LogP contribution in [-0.4, -0.2) is 24.2 Å². The zero-order valence-corrected chi connectivity index (χ0v) is 9.09. The largest absolute Gasteiger partial charge is 0.478 e. The first-order valence-corrected chi connectivity index (χ1v) is 4.53. The maximum atomic E-state index is 11.1. The van der Waals surface area contributed by atoms with E-state index in [9.17, 15) is 9.59 Å². The summed E-state index contributed by atoms with van der Waals surface area (Å²) < 4.78 is 4.43. The van der Waals surface area contributed by atoms with E-state index in [1.807, 2.05) is 0 Å². The van der Waals surface area contributed by atoms with Gasteiger partial charge in [0.15, 0.2) is 0 Å². The molecule has 0 bridgehead atoms. The number of methoxy groups -OCH3 is 1. The number of rotatable bonds is 2. The number of carbonyl (C=O) groups excluding carboxylic acids is 1. The van der Waals surface area contributed by atoms with Gasteiger partial charge in [-0.25, -0.2) is 9.59 Å². The molecule has 0 unspecified atom stereocenters. The lowest BCUT2D eigenvalue weighted by molar-refractivity contribution is 0.0600. The number of benzene rings is 1. The van der Waals surface area contributed by atoms with E-state index >= 15 is 0 Å². The number of halogens is 2. The Bertz CT molecular complexity index is 428. The Morgan fingerprint density at radius 2 is 1.93 bits per heavy atom. The molecule has 1 aromatic rings. The lowest BCUT2D eigenvalue weighted by Gasteiger charge is -2.04. The quantitative estimate of drug-likeness (QED) is 0.817. The molecule has 0 fully saturated rings. The fourth-order valence-electron chi connectivity index (χ4n) is 0.980. The van der Waals surface area contributed by atoms with Crippen LogP contribution in [0.3, 0.4) is 0 Å². The molecular weight excluding hydrogens is 243 g/mol. The molecule has 6 heteroatoms. The van der Waals surface area contributed by atoms with Crippen LogP contribution in [0.4, 0.5) is 0 Å². The standard InChI is InChI=1S/C9H6Cl2O4/c1-15-9(14)4-2-5(8(12)13)7(11)6(10)3-4/h2-3H,1H3,(H,12,13). The highest BCUT2D eigenvalue weighted by Gasteiger charge is 2.17. The third-order valence-corrected chi connectivity index (χ3v) is 2.48. The lowest BCUT2D eigenvalue weighted by Crippen LogP contribution is -2.05. The predicted octanol–water partition coefficient (Wildman–Crippen LogP) is 2.48. The molecule has 4 nitrogen and oxygen atoms in total. The summed E-state index contributed by atoms with van der Waals surface area (Å²) in [6, 6.07) is 2.37. The van der Waals surface area contributed by atoms with E-state index in [0.717, 1.165) is 6.07 Å². The van der Waals surface area contributed by atoms with Crippen LogP contribution in [0.2, 0.25) is 10.0 Å². The molecule has 0 aliphatic carbocycles. The molecule has 0 saturated heterocycles. The number of ether oxygens (including phenoxy) is 1. The summed E-state index contributed by atoms with van der Waals surface area (Å²) >= 11 is 11.3. The second kappa shape index (κ2) is 4.51. The fourth-order valence-corrected chi connectivity index (χ4v) is 1.39. The topological polar surface area (TPSA) is 63.6 Å². The van der Waals surface area contributed by atoms with Crippen molar-refractivity contribution in [3.8, 4) is 0 Å². The van der Waals surface area contributed by atoms with Gasteiger partial charge in [0.1, 0.15) is 0 Å². The van der Waals surface area contributed by atoms with Crippen LogP contribution < -0.4 is 0 Å². The molecule has 0 aliphatic rings. The normalized spacial score (nSPS) is 9.80. The van der Waals surface area contributed by atoms with Crippen LogP contribution in [0.5, 0.6) is 0 Å². The van der Waals surface area contributed by atoms with Gasteiger partial charge in [-0.3, -0.25) is 0 Å². The molecule has 15 heavy (non-hydrogen) atoms. The Hall–Kier alpha value is -1.26. The Kier molecular flexibility index (Phi) is 3.55. The van der Waals surface area contributed by atoms with Crippen LogP contribution in [0.15, 0.2) is 12.1 Å². The molecule has 0 radical (unpaired) electrons. The highest BCUT2D eigenvalue weighted by atomic mass is 35.5. The molecule has 0 saturated carbocycles. The summed E-state index contributed by atoms with van der Waals surface area (Å²) in [5.41, 5.74) is -0.186. The van der Waals surface area contributed by atoms with Crippen LogP contribution in [-0.2, 0) is 4.74 Å². The second-order valence-corrected chi connectivity index (χ2v) is 3.40. The molecule has 0 aromatic heterocycles. The first-order valence-electron chi connectivity index (χ1n) is 3.78. The minimum absolute atomic E-state index is 0.00281. The molecule has 0 aliphatic heterocycles. The van der Waals surface area contributed by atoms with Crippen LogP contribution in [0, 0.1) is 0 Å². The van der Waals surface area contributed by atoms with Gasteiger partial charge in [-0.1, -0.05) is 23.2 Å². The van der Waals surface area contributed by atoms with Gasteiger partial charge in [0.2, 0.25) is 0 Å². The SMILES string of the molecule is COC(=O)c1cc(Cl)c(Cl)c(C(=O)O)c1. The summed E-state index contributed by atoms with van der Waals surface area (Å²) in [7, 11) is 1.19. The molecule has 0 heterocycles. The number of carboxylic acid groups (broad SMARTS) is 1. The molecule has 0 atom stereocenters. The van der Waals surface area contributed by atoms with E-state index in [4.69, 9.17) is 28.3 Å². The van der Waals surface area contributed by atoms with E-state index in [1.54, 1.807) is 0 Å². The van der Waals surface area contributed by atoms with Gasteiger partial charge in [-0.2, -0.15) is 0 Å². The van der Waals surface area contributed by atoms with Gasteiger partial charge < -0.3 is 9.84 Å². The van der Waals surface area contributed by atoms with Crippen molar-refractivity contribution >= 4 is 35.1 Å². The van der Waals surface area contributed by atoms with Crippen LogP contribution in [0.1, 0.15) is 20.7 Å². The monoisotopic (exact) mass is 248 g/mol. The first-order chi connectivity index (χ1) is 6.97. The van der Waals surface area contributed by atoms with Gasteiger partial charge >= 0.3 is 11.9 Å². The van der Waals surface area contributed by atoms with Crippen molar-refractivity contribution in [2.75, 3.05) is 7.11 Å². The smallest absolute Gasteiger partial charge is 0.337 e. The maximum Gasteiger partial charge on any atom is 0.337 e. The summed E-state index contributed by atoms with van der Waals surface area (Å²) in [6.07, 6.45) is 0. The van der Waals surface area contributed by atoms with E-state index < -0.39 is 11.9 Å². The molecule has 1 aromatic carbocycles. The van der Waals surface area contributed by atoms with Crippen molar-refractivity contribution in [3.05, 3.63) is 33.3 Å². The Balaban J connectivity index is 3.35. The zero-order valence-electron chi connectivity index (χ0n) is 7.58. The number of carboxylic acids is 1. The Morgan fingerprint density at radius 3 is 2.40 bits per heavy atom.